The number of unbranched alkanes of at least 4 members (excludes halogenated alkanes) is 3. The van der Waals surface area contributed by atoms with Crippen molar-refractivity contribution < 1.29 is 8.42 Å². The molecule has 0 atom stereocenters. The Hall–Kier alpha value is -0.810. The second-order valence-electron chi connectivity index (χ2n) is 4.86. The van der Waals surface area contributed by atoms with Crippen LogP contribution in [0.15, 0.2) is 23.9 Å². The molecule has 0 spiro atoms. The standard InChI is InChI=1S/C13H21ClN2O2S/c1-4-5-6-7-8-9-16-10-12(19(14,17)18)15-13(16)11(2)3/h4,10-11H,1,5-9H2,2-3H3. The van der Waals surface area contributed by atoms with Crippen molar-refractivity contribution in [3.05, 3.63) is 24.7 Å². The maximum Gasteiger partial charge on any atom is 0.280 e. The minimum Gasteiger partial charge on any atom is -0.333 e. The van der Waals surface area contributed by atoms with Gasteiger partial charge < -0.3 is 4.57 Å². The monoisotopic (exact) mass is 304 g/mol. The van der Waals surface area contributed by atoms with E-state index < -0.39 is 9.05 Å². The summed E-state index contributed by atoms with van der Waals surface area (Å²) in [5.74, 6) is 0.934. The molecule has 0 N–H and O–H groups in total. The van der Waals surface area contributed by atoms with Crippen molar-refractivity contribution in [2.75, 3.05) is 0 Å². The van der Waals surface area contributed by atoms with Crippen LogP contribution in [-0.4, -0.2) is 18.0 Å². The van der Waals surface area contributed by atoms with Crippen LogP contribution in [0, 0.1) is 0 Å². The van der Waals surface area contributed by atoms with Crippen molar-refractivity contribution in [2.24, 2.45) is 0 Å². The molecule has 19 heavy (non-hydrogen) atoms. The van der Waals surface area contributed by atoms with Crippen LogP contribution in [0.2, 0.25) is 0 Å². The molecule has 0 aliphatic heterocycles. The zero-order valence-corrected chi connectivity index (χ0v) is 13.0. The molecule has 1 aromatic rings. The third kappa shape index (κ3) is 4.99. The van der Waals surface area contributed by atoms with Gasteiger partial charge in [0.2, 0.25) is 0 Å². The summed E-state index contributed by atoms with van der Waals surface area (Å²) in [5.41, 5.74) is 0. The molecule has 0 bridgehead atoms. The van der Waals surface area contributed by atoms with E-state index in [0.717, 1.165) is 38.1 Å². The summed E-state index contributed by atoms with van der Waals surface area (Å²) in [5, 5.41) is -0.0519. The van der Waals surface area contributed by atoms with Crippen LogP contribution in [0.3, 0.4) is 0 Å². The van der Waals surface area contributed by atoms with E-state index in [9.17, 15) is 8.42 Å². The van der Waals surface area contributed by atoms with Crippen LogP contribution >= 0.6 is 10.7 Å². The number of imidazole rings is 1. The maximum absolute atomic E-state index is 11.3. The van der Waals surface area contributed by atoms with Gasteiger partial charge in [-0.15, -0.1) is 6.58 Å². The highest BCUT2D eigenvalue weighted by Gasteiger charge is 2.19. The fourth-order valence-corrected chi connectivity index (χ4v) is 2.59. The van der Waals surface area contributed by atoms with Crippen LogP contribution in [0.1, 0.15) is 51.3 Å². The van der Waals surface area contributed by atoms with E-state index in [-0.39, 0.29) is 10.9 Å². The summed E-state index contributed by atoms with van der Waals surface area (Å²) in [6, 6.07) is 0. The fourth-order valence-electron chi connectivity index (χ4n) is 1.91. The van der Waals surface area contributed by atoms with Crippen LogP contribution < -0.4 is 0 Å². The smallest absolute Gasteiger partial charge is 0.280 e. The van der Waals surface area contributed by atoms with Gasteiger partial charge in [0.15, 0.2) is 5.03 Å². The van der Waals surface area contributed by atoms with Crippen LogP contribution in [0.5, 0.6) is 0 Å². The van der Waals surface area contributed by atoms with E-state index in [1.807, 2.05) is 24.5 Å². The van der Waals surface area contributed by atoms with Crippen molar-refractivity contribution in [2.45, 2.75) is 57.0 Å². The molecule has 1 heterocycles. The Morgan fingerprint density at radius 2 is 2.11 bits per heavy atom. The van der Waals surface area contributed by atoms with Gasteiger partial charge in [-0.05, 0) is 19.3 Å². The average Bonchev–Trinajstić information content (AvgIpc) is 2.72. The molecular weight excluding hydrogens is 284 g/mol. The van der Waals surface area contributed by atoms with E-state index in [1.54, 1.807) is 0 Å². The number of aromatic nitrogens is 2. The highest BCUT2D eigenvalue weighted by Crippen LogP contribution is 2.20. The third-order valence-electron chi connectivity index (χ3n) is 2.86. The molecule has 0 radical (unpaired) electrons. The van der Waals surface area contributed by atoms with Gasteiger partial charge in [-0.3, -0.25) is 0 Å². The third-order valence-corrected chi connectivity index (χ3v) is 4.03. The van der Waals surface area contributed by atoms with Crippen LogP contribution in [0.4, 0.5) is 0 Å². The largest absolute Gasteiger partial charge is 0.333 e. The quantitative estimate of drug-likeness (QED) is 0.418. The van der Waals surface area contributed by atoms with Gasteiger partial charge in [0.05, 0.1) is 0 Å². The predicted octanol–water partition coefficient (Wildman–Crippen LogP) is 3.68. The normalized spacial score (nSPS) is 12.0. The topological polar surface area (TPSA) is 52.0 Å². The lowest BCUT2D eigenvalue weighted by molar-refractivity contribution is 0.558. The fraction of sp³-hybridized carbons (Fsp3) is 0.615. The number of halogens is 1. The Balaban J connectivity index is 2.75. The molecule has 0 aromatic carbocycles. The van der Waals surface area contributed by atoms with Crippen molar-refractivity contribution in [1.29, 1.82) is 0 Å². The average molecular weight is 305 g/mol. The molecule has 0 amide bonds. The van der Waals surface area contributed by atoms with Crippen LogP contribution in [0.25, 0.3) is 0 Å². The number of hydrogen-bond acceptors (Lipinski definition) is 3. The van der Waals surface area contributed by atoms with Crippen molar-refractivity contribution in [1.82, 2.24) is 9.55 Å². The molecule has 0 saturated heterocycles. The lowest BCUT2D eigenvalue weighted by Crippen LogP contribution is -2.04. The first-order valence-electron chi connectivity index (χ1n) is 6.49. The summed E-state index contributed by atoms with van der Waals surface area (Å²) < 4.78 is 24.5. The molecule has 0 unspecified atom stereocenters. The predicted molar refractivity (Wildman–Crippen MR) is 78.0 cm³/mol. The molecule has 4 nitrogen and oxygen atoms in total. The number of rotatable bonds is 8. The lowest BCUT2D eigenvalue weighted by Gasteiger charge is -2.09. The Morgan fingerprint density at radius 1 is 1.42 bits per heavy atom. The number of allylic oxidation sites excluding steroid dienone is 1. The zero-order valence-electron chi connectivity index (χ0n) is 11.5. The highest BCUT2D eigenvalue weighted by molar-refractivity contribution is 8.13. The van der Waals surface area contributed by atoms with E-state index in [1.165, 1.54) is 6.20 Å². The Morgan fingerprint density at radius 3 is 2.63 bits per heavy atom. The molecule has 0 aliphatic rings. The number of aryl methyl sites for hydroxylation is 1. The molecule has 108 valence electrons. The molecule has 0 saturated carbocycles. The molecule has 0 aliphatic carbocycles. The summed E-state index contributed by atoms with van der Waals surface area (Å²) >= 11 is 0. The van der Waals surface area contributed by atoms with E-state index in [2.05, 4.69) is 11.6 Å². The SMILES string of the molecule is C=CCCCCCn1cc(S(=O)(=O)Cl)nc1C(C)C. The molecule has 0 fully saturated rings. The second kappa shape index (κ2) is 7.10. The first-order chi connectivity index (χ1) is 8.86. The van der Waals surface area contributed by atoms with Gasteiger partial charge in [-0.2, -0.15) is 0 Å². The minimum absolute atomic E-state index is 0.0519. The van der Waals surface area contributed by atoms with Crippen molar-refractivity contribution in [3.63, 3.8) is 0 Å². The van der Waals surface area contributed by atoms with Crippen molar-refractivity contribution in [3.8, 4) is 0 Å². The summed E-state index contributed by atoms with van der Waals surface area (Å²) in [4.78, 5) is 4.12. The summed E-state index contributed by atoms with van der Waals surface area (Å²) in [6.07, 6.45) is 7.65. The Labute approximate surface area is 119 Å². The van der Waals surface area contributed by atoms with Gasteiger partial charge in [0.25, 0.3) is 9.05 Å². The van der Waals surface area contributed by atoms with Gasteiger partial charge in [0, 0.05) is 29.3 Å². The number of nitrogens with zero attached hydrogens (tertiary/aromatic N) is 2. The van der Waals surface area contributed by atoms with Gasteiger partial charge >= 0.3 is 0 Å². The van der Waals surface area contributed by atoms with E-state index >= 15 is 0 Å². The Bertz CT molecular complexity index is 521. The molecule has 1 rings (SSSR count). The summed E-state index contributed by atoms with van der Waals surface area (Å²) in [7, 11) is 1.59. The maximum atomic E-state index is 11.3. The van der Waals surface area contributed by atoms with Crippen LogP contribution in [-0.2, 0) is 15.6 Å². The Kier molecular flexibility index (Phi) is 6.07. The minimum atomic E-state index is -3.75. The van der Waals surface area contributed by atoms with E-state index in [0.29, 0.717) is 0 Å². The van der Waals surface area contributed by atoms with E-state index in [4.69, 9.17) is 10.7 Å². The second-order valence-corrected chi connectivity index (χ2v) is 7.37. The molecule has 6 heteroatoms. The number of hydrogen-bond donors (Lipinski definition) is 0. The first-order valence-corrected chi connectivity index (χ1v) is 8.79. The molecule has 1 aromatic heterocycles. The van der Waals surface area contributed by atoms with Crippen molar-refractivity contribution >= 4 is 19.7 Å². The highest BCUT2D eigenvalue weighted by atomic mass is 35.7. The molecular formula is C13H21ClN2O2S. The van der Waals surface area contributed by atoms with Gasteiger partial charge in [0.1, 0.15) is 5.82 Å². The van der Waals surface area contributed by atoms with Gasteiger partial charge in [-0.1, -0.05) is 26.3 Å². The summed E-state index contributed by atoms with van der Waals surface area (Å²) in [6.45, 7) is 8.43. The van der Waals surface area contributed by atoms with Gasteiger partial charge in [-0.25, -0.2) is 13.4 Å². The first kappa shape index (κ1) is 16.2. The lowest BCUT2D eigenvalue weighted by atomic mass is 10.2. The zero-order chi connectivity index (χ0) is 14.5.